The van der Waals surface area contributed by atoms with Gasteiger partial charge < -0.3 is 0 Å². The predicted octanol–water partition coefficient (Wildman–Crippen LogP) is 3.62. The molecule has 0 aromatic carbocycles. The van der Waals surface area contributed by atoms with E-state index in [-0.39, 0.29) is 0 Å². The molecule has 0 heterocycles. The fourth-order valence-corrected chi connectivity index (χ4v) is 0.529. The van der Waals surface area contributed by atoms with Crippen LogP contribution in [0.2, 0.25) is 0 Å². The van der Waals surface area contributed by atoms with E-state index in [9.17, 15) is 0 Å². The Morgan fingerprint density at radius 3 is 1.92 bits per heavy atom. The lowest BCUT2D eigenvalue weighted by molar-refractivity contribution is 0.828. The largest absolute Gasteiger partial charge is 0.120 e. The summed E-state index contributed by atoms with van der Waals surface area (Å²) < 4.78 is 0. The van der Waals surface area contributed by atoms with Crippen molar-refractivity contribution in [2.75, 3.05) is 0 Å². The van der Waals surface area contributed by atoms with Gasteiger partial charge in [-0.3, -0.25) is 0 Å². The molecule has 68 valence electrons. The van der Waals surface area contributed by atoms with Gasteiger partial charge in [-0.25, -0.2) is 0 Å². The Morgan fingerprint density at radius 1 is 1.08 bits per heavy atom. The molecule has 0 saturated heterocycles. The summed E-state index contributed by atoms with van der Waals surface area (Å²) in [4.78, 5) is 0. The number of terminal acetylenes is 1. The Kier molecular flexibility index (Phi) is 18.9. The first kappa shape index (κ1) is 13.7. The van der Waals surface area contributed by atoms with Gasteiger partial charge in [0, 0.05) is 12.8 Å². The monoisotopic (exact) mass is 164 g/mol. The fourth-order valence-electron chi connectivity index (χ4n) is 0.529. The van der Waals surface area contributed by atoms with Crippen molar-refractivity contribution in [1.82, 2.24) is 0 Å². The van der Waals surface area contributed by atoms with E-state index in [2.05, 4.69) is 31.6 Å². The summed E-state index contributed by atoms with van der Waals surface area (Å²) in [7, 11) is 0. The highest BCUT2D eigenvalue weighted by Gasteiger charge is 1.71. The fraction of sp³-hybridized carbons (Fsp3) is 0.667. The van der Waals surface area contributed by atoms with Crippen molar-refractivity contribution in [2.45, 2.75) is 52.9 Å². The van der Waals surface area contributed by atoms with Crippen LogP contribution in [0.5, 0.6) is 0 Å². The van der Waals surface area contributed by atoms with Crippen LogP contribution < -0.4 is 0 Å². The van der Waals surface area contributed by atoms with Gasteiger partial charge in [0.1, 0.15) is 0 Å². The molecule has 0 aliphatic rings. The summed E-state index contributed by atoms with van der Waals surface area (Å²) >= 11 is 0. The Balaban J connectivity index is 0. The highest BCUT2D eigenvalue weighted by molar-refractivity contribution is 4.93. The lowest BCUT2D eigenvalue weighted by atomic mass is 10.3. The van der Waals surface area contributed by atoms with E-state index in [0.29, 0.717) is 0 Å². The van der Waals surface area contributed by atoms with Crippen LogP contribution in [0.4, 0.5) is 0 Å². The third-order valence-corrected chi connectivity index (χ3v) is 1.23. The highest BCUT2D eigenvalue weighted by atomic mass is 13.8. The molecule has 0 radical (unpaired) electrons. The van der Waals surface area contributed by atoms with Crippen molar-refractivity contribution in [1.29, 1.82) is 0 Å². The molecule has 0 bridgehead atoms. The summed E-state index contributed by atoms with van der Waals surface area (Å²) in [6, 6.07) is 0. The van der Waals surface area contributed by atoms with Crippen LogP contribution in [-0.2, 0) is 0 Å². The highest BCUT2D eigenvalue weighted by Crippen LogP contribution is 1.88. The molecule has 0 nitrogen and oxygen atoms in total. The summed E-state index contributed by atoms with van der Waals surface area (Å²) in [5, 5.41) is 0. The first-order valence-electron chi connectivity index (χ1n) is 4.66. The van der Waals surface area contributed by atoms with E-state index in [1.165, 1.54) is 19.3 Å². The Hall–Kier alpha value is -0.880. The molecule has 12 heavy (non-hydrogen) atoms. The van der Waals surface area contributed by atoms with E-state index < -0.39 is 0 Å². The van der Waals surface area contributed by atoms with Crippen molar-refractivity contribution < 1.29 is 0 Å². The van der Waals surface area contributed by atoms with Crippen LogP contribution in [0.3, 0.4) is 0 Å². The minimum Gasteiger partial charge on any atom is -0.120 e. The molecule has 0 saturated carbocycles. The first-order chi connectivity index (χ1) is 5.83. The molecule has 0 amide bonds. The van der Waals surface area contributed by atoms with Crippen molar-refractivity contribution >= 4 is 0 Å². The SMILES string of the molecule is C#CCCCC.CC#CCCC. The molecule has 0 aromatic heterocycles. The van der Waals surface area contributed by atoms with E-state index in [4.69, 9.17) is 6.42 Å². The quantitative estimate of drug-likeness (QED) is 0.441. The van der Waals surface area contributed by atoms with Gasteiger partial charge >= 0.3 is 0 Å². The molecule has 0 fully saturated rings. The molecular formula is C12H20. The lowest BCUT2D eigenvalue weighted by Gasteiger charge is -1.79. The zero-order valence-electron chi connectivity index (χ0n) is 8.61. The normalized spacial score (nSPS) is 6.83. The average molecular weight is 164 g/mol. The Bertz CT molecular complexity index is 149. The van der Waals surface area contributed by atoms with Gasteiger partial charge in [0.05, 0.1) is 0 Å². The molecule has 0 aliphatic carbocycles. The average Bonchev–Trinajstić information content (AvgIpc) is 2.12. The topological polar surface area (TPSA) is 0 Å². The second-order valence-electron chi connectivity index (χ2n) is 2.48. The third-order valence-electron chi connectivity index (χ3n) is 1.23. The Morgan fingerprint density at radius 2 is 1.75 bits per heavy atom. The number of rotatable bonds is 3. The number of unbranched alkanes of at least 4 members (excludes halogenated alkanes) is 3. The van der Waals surface area contributed by atoms with Crippen LogP contribution in [-0.4, -0.2) is 0 Å². The number of hydrogen-bond donors (Lipinski definition) is 0. The summed E-state index contributed by atoms with van der Waals surface area (Å²) in [5.41, 5.74) is 0. The van der Waals surface area contributed by atoms with E-state index in [1.54, 1.807) is 0 Å². The van der Waals surface area contributed by atoms with E-state index in [1.807, 2.05) is 6.92 Å². The Labute approximate surface area is 77.8 Å². The molecule has 0 atom stereocenters. The summed E-state index contributed by atoms with van der Waals surface area (Å²) in [5.74, 6) is 8.34. The second kappa shape index (κ2) is 16.6. The maximum absolute atomic E-state index is 4.96. The van der Waals surface area contributed by atoms with Gasteiger partial charge in [-0.05, 0) is 19.8 Å². The predicted molar refractivity (Wildman–Crippen MR) is 56.7 cm³/mol. The summed E-state index contributed by atoms with van der Waals surface area (Å²) in [6.07, 6.45) is 10.5. The van der Waals surface area contributed by atoms with Crippen LogP contribution in [0, 0.1) is 24.2 Å². The van der Waals surface area contributed by atoms with Crippen molar-refractivity contribution in [2.24, 2.45) is 0 Å². The molecule has 0 aromatic rings. The zero-order chi connectivity index (χ0) is 9.66. The van der Waals surface area contributed by atoms with Gasteiger partial charge in [0.25, 0.3) is 0 Å². The number of hydrogen-bond acceptors (Lipinski definition) is 0. The maximum Gasteiger partial charge on any atom is 0.00859 e. The van der Waals surface area contributed by atoms with Gasteiger partial charge in [-0.2, -0.15) is 0 Å². The van der Waals surface area contributed by atoms with Crippen LogP contribution in [0.25, 0.3) is 0 Å². The van der Waals surface area contributed by atoms with Gasteiger partial charge in [0.15, 0.2) is 0 Å². The minimum atomic E-state index is 0.941. The van der Waals surface area contributed by atoms with E-state index in [0.717, 1.165) is 12.8 Å². The van der Waals surface area contributed by atoms with Crippen molar-refractivity contribution in [3.63, 3.8) is 0 Å². The zero-order valence-corrected chi connectivity index (χ0v) is 8.61. The molecule has 0 heteroatoms. The second-order valence-corrected chi connectivity index (χ2v) is 2.48. The molecule has 0 rings (SSSR count). The maximum atomic E-state index is 4.96. The minimum absolute atomic E-state index is 0.941. The van der Waals surface area contributed by atoms with Crippen LogP contribution in [0.15, 0.2) is 0 Å². The lowest BCUT2D eigenvalue weighted by Crippen LogP contribution is -1.62. The van der Waals surface area contributed by atoms with Gasteiger partial charge in [-0.1, -0.05) is 20.3 Å². The standard InChI is InChI=1S/2C6H10/c2*1-3-5-6-4-2/h3,5H2,1-2H3;1H,4-6H2,2H3. The van der Waals surface area contributed by atoms with Crippen LogP contribution in [0.1, 0.15) is 52.9 Å². The molecular weight excluding hydrogens is 144 g/mol. The van der Waals surface area contributed by atoms with Crippen molar-refractivity contribution in [3.8, 4) is 24.2 Å². The molecule has 0 spiro atoms. The third kappa shape index (κ3) is 22.9. The van der Waals surface area contributed by atoms with Gasteiger partial charge in [-0.15, -0.1) is 24.2 Å². The van der Waals surface area contributed by atoms with Gasteiger partial charge in [0.2, 0.25) is 0 Å². The molecule has 0 unspecified atom stereocenters. The first-order valence-corrected chi connectivity index (χ1v) is 4.66. The molecule has 0 N–H and O–H groups in total. The summed E-state index contributed by atoms with van der Waals surface area (Å²) in [6.45, 7) is 6.14. The van der Waals surface area contributed by atoms with Crippen molar-refractivity contribution in [3.05, 3.63) is 0 Å². The van der Waals surface area contributed by atoms with Crippen LogP contribution >= 0.6 is 0 Å². The van der Waals surface area contributed by atoms with E-state index >= 15 is 0 Å². The smallest absolute Gasteiger partial charge is 0.00859 e. The molecule has 0 aliphatic heterocycles.